The van der Waals surface area contributed by atoms with Gasteiger partial charge in [-0.05, 0) is 23.8 Å². The highest BCUT2D eigenvalue weighted by molar-refractivity contribution is 7.99. The van der Waals surface area contributed by atoms with E-state index in [0.29, 0.717) is 15.1 Å². The lowest BCUT2D eigenvalue weighted by atomic mass is 10.2. The highest BCUT2D eigenvalue weighted by atomic mass is 35.5. The minimum atomic E-state index is -1.09. The number of hydrogen-bond acceptors (Lipinski definition) is 5. The number of carbonyl (C=O) groups is 1. The monoisotopic (exact) mass is 371 g/mol. The van der Waals surface area contributed by atoms with Gasteiger partial charge in [-0.1, -0.05) is 46.2 Å². The van der Waals surface area contributed by atoms with Gasteiger partial charge in [-0.3, -0.25) is 5.10 Å². The highest BCUT2D eigenvalue weighted by Crippen LogP contribution is 2.37. The molecule has 0 unspecified atom stereocenters. The van der Waals surface area contributed by atoms with Crippen molar-refractivity contribution in [2.75, 3.05) is 0 Å². The summed E-state index contributed by atoms with van der Waals surface area (Å²) in [5.41, 5.74) is 0.928. The average molecular weight is 372 g/mol. The number of carboxylic acids is 1. The molecule has 3 aromatic rings. The van der Waals surface area contributed by atoms with Gasteiger partial charge in [0.25, 0.3) is 0 Å². The number of hydrogen-bond donors (Lipinski definition) is 2. The third-order valence-electron chi connectivity index (χ3n) is 2.72. The summed E-state index contributed by atoms with van der Waals surface area (Å²) in [5, 5.41) is 21.9. The molecule has 0 spiro atoms. The van der Waals surface area contributed by atoms with Crippen LogP contribution in [0, 0.1) is 0 Å². The molecule has 0 aliphatic carbocycles. The van der Waals surface area contributed by atoms with Gasteiger partial charge in [-0.2, -0.15) is 0 Å². The molecule has 0 bridgehead atoms. The molecular weight excluding hydrogens is 365 g/mol. The Bertz CT molecular complexity index is 847. The van der Waals surface area contributed by atoms with E-state index >= 15 is 0 Å². The number of aromatic amines is 1. The van der Waals surface area contributed by atoms with Crippen LogP contribution in [-0.2, 0) is 0 Å². The smallest absolute Gasteiger partial charge is 0.356 e. The van der Waals surface area contributed by atoms with Gasteiger partial charge in [0.2, 0.25) is 0 Å². The molecule has 0 amide bonds. The fourth-order valence-corrected chi connectivity index (χ4v) is 3.91. The van der Waals surface area contributed by atoms with E-state index in [1.165, 1.54) is 23.1 Å². The molecule has 0 atom stereocenters. The van der Waals surface area contributed by atoms with Crippen LogP contribution in [0.2, 0.25) is 10.0 Å². The van der Waals surface area contributed by atoms with Crippen molar-refractivity contribution in [2.24, 2.45) is 0 Å². The van der Waals surface area contributed by atoms with Crippen LogP contribution in [0.1, 0.15) is 10.5 Å². The summed E-state index contributed by atoms with van der Waals surface area (Å²) in [6.45, 7) is 0. The normalized spacial score (nSPS) is 10.8. The number of halogens is 2. The first-order chi connectivity index (χ1) is 10.5. The van der Waals surface area contributed by atoms with E-state index < -0.39 is 5.97 Å². The SMILES string of the molecule is O=C(O)c1[nH]nnc1Sc1csc(-c2ccc(Cl)c(Cl)c2)c1. The Labute approximate surface area is 143 Å². The van der Waals surface area contributed by atoms with Crippen molar-refractivity contribution in [1.82, 2.24) is 15.4 Å². The lowest BCUT2D eigenvalue weighted by molar-refractivity contribution is 0.0686. The second-order valence-corrected chi connectivity index (χ2v) is 6.96. The van der Waals surface area contributed by atoms with Crippen LogP contribution in [0.5, 0.6) is 0 Å². The molecule has 5 nitrogen and oxygen atoms in total. The number of carboxylic acid groups (broad SMARTS) is 1. The van der Waals surface area contributed by atoms with Crippen LogP contribution < -0.4 is 0 Å². The largest absolute Gasteiger partial charge is 0.476 e. The fraction of sp³-hybridized carbons (Fsp3) is 0. The molecule has 9 heteroatoms. The Hall–Kier alpha value is -1.54. The Morgan fingerprint density at radius 2 is 2.09 bits per heavy atom. The Morgan fingerprint density at radius 3 is 2.82 bits per heavy atom. The number of rotatable bonds is 4. The summed E-state index contributed by atoms with van der Waals surface area (Å²) in [6, 6.07) is 7.36. The van der Waals surface area contributed by atoms with E-state index in [0.717, 1.165) is 15.3 Å². The van der Waals surface area contributed by atoms with Crippen molar-refractivity contribution < 1.29 is 9.90 Å². The third-order valence-corrected chi connectivity index (χ3v) is 5.54. The maximum Gasteiger partial charge on any atom is 0.356 e. The number of nitrogens with zero attached hydrogens (tertiary/aromatic N) is 2. The van der Waals surface area contributed by atoms with Crippen LogP contribution >= 0.6 is 46.3 Å². The van der Waals surface area contributed by atoms with Crippen LogP contribution in [0.25, 0.3) is 10.4 Å². The minimum Gasteiger partial charge on any atom is -0.476 e. The summed E-state index contributed by atoms with van der Waals surface area (Å²) in [6.07, 6.45) is 0. The molecule has 0 fully saturated rings. The first kappa shape index (κ1) is 15.4. The van der Waals surface area contributed by atoms with E-state index in [-0.39, 0.29) is 5.69 Å². The van der Waals surface area contributed by atoms with Gasteiger partial charge in [-0.25, -0.2) is 4.79 Å². The Morgan fingerprint density at radius 1 is 1.27 bits per heavy atom. The summed E-state index contributed by atoms with van der Waals surface area (Å²) in [4.78, 5) is 12.9. The molecule has 112 valence electrons. The van der Waals surface area contributed by atoms with Crippen molar-refractivity contribution in [3.8, 4) is 10.4 Å². The molecule has 2 aromatic heterocycles. The van der Waals surface area contributed by atoms with Crippen LogP contribution in [0.15, 0.2) is 39.6 Å². The second-order valence-electron chi connectivity index (χ2n) is 4.17. The topological polar surface area (TPSA) is 78.9 Å². The molecule has 0 saturated heterocycles. The lowest BCUT2D eigenvalue weighted by Crippen LogP contribution is -1.98. The van der Waals surface area contributed by atoms with Gasteiger partial charge in [0, 0.05) is 15.2 Å². The summed E-state index contributed by atoms with van der Waals surface area (Å²) in [7, 11) is 0. The van der Waals surface area contributed by atoms with Gasteiger partial charge in [0.05, 0.1) is 10.0 Å². The second kappa shape index (κ2) is 6.29. The van der Waals surface area contributed by atoms with E-state index in [9.17, 15) is 4.79 Å². The van der Waals surface area contributed by atoms with E-state index in [2.05, 4.69) is 15.4 Å². The standard InChI is InChI=1S/C13H7Cl2N3O2S2/c14-8-2-1-6(3-9(8)15)10-4-7(5-21-10)22-12-11(13(19)20)16-18-17-12/h1-5H,(H,19,20)(H,16,17,18). The van der Waals surface area contributed by atoms with Gasteiger partial charge < -0.3 is 5.11 Å². The van der Waals surface area contributed by atoms with Crippen molar-refractivity contribution >= 4 is 52.3 Å². The van der Waals surface area contributed by atoms with Crippen molar-refractivity contribution in [3.63, 3.8) is 0 Å². The maximum absolute atomic E-state index is 11.0. The number of H-pyrrole nitrogens is 1. The predicted molar refractivity (Wildman–Crippen MR) is 87.2 cm³/mol. The molecule has 1 aromatic carbocycles. The van der Waals surface area contributed by atoms with E-state index in [1.54, 1.807) is 12.1 Å². The third kappa shape index (κ3) is 3.12. The van der Waals surface area contributed by atoms with Crippen molar-refractivity contribution in [3.05, 3.63) is 45.4 Å². The van der Waals surface area contributed by atoms with Crippen LogP contribution in [-0.4, -0.2) is 26.5 Å². The van der Waals surface area contributed by atoms with Gasteiger partial charge in [-0.15, -0.1) is 16.4 Å². The predicted octanol–water partition coefficient (Wildman–Crippen LogP) is 4.69. The Balaban J connectivity index is 1.86. The molecule has 22 heavy (non-hydrogen) atoms. The van der Waals surface area contributed by atoms with Crippen molar-refractivity contribution in [1.29, 1.82) is 0 Å². The van der Waals surface area contributed by atoms with Crippen LogP contribution in [0.3, 0.4) is 0 Å². The number of thiophene rings is 1. The first-order valence-electron chi connectivity index (χ1n) is 5.91. The average Bonchev–Trinajstić information content (AvgIpc) is 3.11. The minimum absolute atomic E-state index is 0.0210. The number of nitrogens with one attached hydrogen (secondary N) is 1. The molecule has 3 rings (SSSR count). The van der Waals surface area contributed by atoms with Gasteiger partial charge >= 0.3 is 5.97 Å². The molecule has 2 N–H and O–H groups in total. The van der Waals surface area contributed by atoms with Gasteiger partial charge in [0.15, 0.2) is 10.7 Å². The zero-order chi connectivity index (χ0) is 15.7. The Kier molecular flexibility index (Phi) is 4.39. The summed E-state index contributed by atoms with van der Waals surface area (Å²) in [5.74, 6) is -1.09. The van der Waals surface area contributed by atoms with Crippen molar-refractivity contribution in [2.45, 2.75) is 9.92 Å². The lowest BCUT2D eigenvalue weighted by Gasteiger charge is -2.00. The number of aromatic nitrogens is 3. The summed E-state index contributed by atoms with van der Waals surface area (Å²) >= 11 is 14.7. The number of benzene rings is 1. The zero-order valence-electron chi connectivity index (χ0n) is 10.7. The molecule has 0 aliphatic heterocycles. The molecule has 0 aliphatic rings. The maximum atomic E-state index is 11.0. The molecular formula is C13H7Cl2N3O2S2. The quantitative estimate of drug-likeness (QED) is 0.695. The zero-order valence-corrected chi connectivity index (χ0v) is 13.9. The van der Waals surface area contributed by atoms with E-state index in [1.807, 2.05) is 17.5 Å². The molecule has 2 heterocycles. The first-order valence-corrected chi connectivity index (χ1v) is 8.36. The van der Waals surface area contributed by atoms with Crippen LogP contribution in [0.4, 0.5) is 0 Å². The number of aromatic carboxylic acids is 1. The fourth-order valence-electron chi connectivity index (χ4n) is 1.71. The van der Waals surface area contributed by atoms with E-state index in [4.69, 9.17) is 28.3 Å². The van der Waals surface area contributed by atoms with Gasteiger partial charge in [0.1, 0.15) is 0 Å². The summed E-state index contributed by atoms with van der Waals surface area (Å²) < 4.78 is 0. The molecule has 0 saturated carbocycles. The highest BCUT2D eigenvalue weighted by Gasteiger charge is 2.16. The molecule has 0 radical (unpaired) electrons.